The van der Waals surface area contributed by atoms with E-state index < -0.39 is 5.97 Å². The molecule has 15 heavy (non-hydrogen) atoms. The third kappa shape index (κ3) is 3.18. The lowest BCUT2D eigenvalue weighted by molar-refractivity contribution is -0.138. The minimum absolute atomic E-state index is 0.0882. The first-order chi connectivity index (χ1) is 6.83. The molecule has 1 saturated heterocycles. The Morgan fingerprint density at radius 1 is 1.47 bits per heavy atom. The molecule has 1 fully saturated rings. The maximum absolute atomic E-state index is 10.8. The van der Waals surface area contributed by atoms with Crippen LogP contribution in [0.15, 0.2) is 0 Å². The highest BCUT2D eigenvalue weighted by molar-refractivity contribution is 5.67. The first-order valence-electron chi connectivity index (χ1n) is 5.46. The van der Waals surface area contributed by atoms with Crippen LogP contribution in [0.3, 0.4) is 0 Å². The average Bonchev–Trinajstić information content (AvgIpc) is 2.18. The van der Waals surface area contributed by atoms with Crippen molar-refractivity contribution < 1.29 is 9.90 Å². The Hall–Kier alpha value is -0.610. The van der Waals surface area contributed by atoms with Crippen LogP contribution in [0.25, 0.3) is 0 Å². The summed E-state index contributed by atoms with van der Waals surface area (Å²) in [6, 6.07) is 0.116. The summed E-state index contributed by atoms with van der Waals surface area (Å²) in [5.41, 5.74) is 0.0882. The topological polar surface area (TPSA) is 43.8 Å². The van der Waals surface area contributed by atoms with E-state index in [1.807, 2.05) is 7.05 Å². The van der Waals surface area contributed by atoms with Crippen molar-refractivity contribution in [3.8, 4) is 0 Å². The molecule has 1 rings (SSSR count). The summed E-state index contributed by atoms with van der Waals surface area (Å²) in [7, 11) is 4.09. The Kier molecular flexibility index (Phi) is 3.73. The van der Waals surface area contributed by atoms with Crippen LogP contribution in [-0.4, -0.2) is 59.6 Å². The standard InChI is InChI=1S/C11H22N2O2/c1-11(2)5-6-12(3)8-9(13(11)4)7-10(14)15/h9H,5-8H2,1-4H3,(H,14,15). The fourth-order valence-electron chi connectivity index (χ4n) is 2.11. The van der Waals surface area contributed by atoms with Gasteiger partial charge in [0.05, 0.1) is 6.42 Å². The Morgan fingerprint density at radius 2 is 2.07 bits per heavy atom. The van der Waals surface area contributed by atoms with Gasteiger partial charge >= 0.3 is 5.97 Å². The molecule has 0 spiro atoms. The maximum atomic E-state index is 10.8. The predicted octanol–water partition coefficient (Wildman–Crippen LogP) is 0.876. The third-order valence-corrected chi connectivity index (χ3v) is 3.54. The van der Waals surface area contributed by atoms with Crippen molar-refractivity contribution in [3.63, 3.8) is 0 Å². The van der Waals surface area contributed by atoms with Crippen molar-refractivity contribution in [1.29, 1.82) is 0 Å². The highest BCUT2D eigenvalue weighted by atomic mass is 16.4. The lowest BCUT2D eigenvalue weighted by Gasteiger charge is -2.38. The Balaban J connectivity index is 2.77. The zero-order chi connectivity index (χ0) is 11.6. The number of aliphatic carboxylic acids is 1. The van der Waals surface area contributed by atoms with Gasteiger partial charge in [-0.15, -0.1) is 0 Å². The molecule has 1 unspecified atom stereocenters. The summed E-state index contributed by atoms with van der Waals surface area (Å²) < 4.78 is 0. The first-order valence-corrected chi connectivity index (χ1v) is 5.46. The van der Waals surface area contributed by atoms with Crippen molar-refractivity contribution >= 4 is 5.97 Å². The monoisotopic (exact) mass is 214 g/mol. The third-order valence-electron chi connectivity index (χ3n) is 3.54. The van der Waals surface area contributed by atoms with E-state index in [9.17, 15) is 4.79 Å². The normalized spacial score (nSPS) is 28.7. The second-order valence-electron chi connectivity index (χ2n) is 5.19. The van der Waals surface area contributed by atoms with E-state index in [1.165, 1.54) is 0 Å². The number of rotatable bonds is 2. The molecule has 4 nitrogen and oxygen atoms in total. The van der Waals surface area contributed by atoms with Gasteiger partial charge in [-0.1, -0.05) is 0 Å². The Bertz CT molecular complexity index is 241. The molecule has 0 radical (unpaired) electrons. The van der Waals surface area contributed by atoms with Crippen LogP contribution in [0, 0.1) is 0 Å². The zero-order valence-electron chi connectivity index (χ0n) is 10.2. The number of carbonyl (C=O) groups is 1. The van der Waals surface area contributed by atoms with E-state index in [4.69, 9.17) is 5.11 Å². The van der Waals surface area contributed by atoms with Crippen molar-refractivity contribution in [2.24, 2.45) is 0 Å². The van der Waals surface area contributed by atoms with Gasteiger partial charge in [-0.25, -0.2) is 0 Å². The van der Waals surface area contributed by atoms with Crippen molar-refractivity contribution in [2.45, 2.75) is 38.3 Å². The second kappa shape index (κ2) is 4.49. The van der Waals surface area contributed by atoms with Crippen molar-refractivity contribution in [2.75, 3.05) is 27.2 Å². The highest BCUT2D eigenvalue weighted by Gasteiger charge is 2.34. The minimum atomic E-state index is -0.710. The molecule has 0 aromatic heterocycles. The quantitative estimate of drug-likeness (QED) is 0.741. The van der Waals surface area contributed by atoms with Gasteiger partial charge in [-0.2, -0.15) is 0 Å². The van der Waals surface area contributed by atoms with Gasteiger partial charge in [0, 0.05) is 18.1 Å². The molecule has 0 aromatic carbocycles. The molecule has 1 N–H and O–H groups in total. The molecule has 0 amide bonds. The second-order valence-corrected chi connectivity index (χ2v) is 5.19. The summed E-state index contributed by atoms with van der Waals surface area (Å²) in [5, 5.41) is 8.89. The van der Waals surface area contributed by atoms with E-state index in [1.54, 1.807) is 0 Å². The SMILES string of the molecule is CN1CCC(C)(C)N(C)C(CC(=O)O)C1. The van der Waals surface area contributed by atoms with E-state index >= 15 is 0 Å². The van der Waals surface area contributed by atoms with Gasteiger partial charge in [0.1, 0.15) is 0 Å². The van der Waals surface area contributed by atoms with Crippen LogP contribution in [-0.2, 0) is 4.79 Å². The van der Waals surface area contributed by atoms with Crippen LogP contribution in [0.2, 0.25) is 0 Å². The van der Waals surface area contributed by atoms with Crippen LogP contribution in [0.4, 0.5) is 0 Å². The number of carboxylic acids is 1. The van der Waals surface area contributed by atoms with Gasteiger partial charge in [-0.3, -0.25) is 9.69 Å². The molecule has 0 saturated carbocycles. The molecule has 0 bridgehead atoms. The maximum Gasteiger partial charge on any atom is 0.304 e. The van der Waals surface area contributed by atoms with Crippen LogP contribution >= 0.6 is 0 Å². The van der Waals surface area contributed by atoms with E-state index in [0.717, 1.165) is 19.5 Å². The number of hydrogen-bond donors (Lipinski definition) is 1. The van der Waals surface area contributed by atoms with Crippen LogP contribution in [0.1, 0.15) is 26.7 Å². The molecule has 1 aliphatic rings. The van der Waals surface area contributed by atoms with E-state index in [-0.39, 0.29) is 18.0 Å². The molecular formula is C11H22N2O2. The number of nitrogens with zero attached hydrogens (tertiary/aromatic N) is 2. The lowest BCUT2D eigenvalue weighted by Crippen LogP contribution is -2.48. The summed E-state index contributed by atoms with van der Waals surface area (Å²) in [6.45, 7) is 6.24. The zero-order valence-corrected chi connectivity index (χ0v) is 10.2. The number of hydrogen-bond acceptors (Lipinski definition) is 3. The van der Waals surface area contributed by atoms with Gasteiger partial charge in [0.15, 0.2) is 0 Å². The van der Waals surface area contributed by atoms with Gasteiger partial charge in [0.25, 0.3) is 0 Å². The van der Waals surface area contributed by atoms with Gasteiger partial charge in [0.2, 0.25) is 0 Å². The van der Waals surface area contributed by atoms with Crippen molar-refractivity contribution in [1.82, 2.24) is 9.80 Å². The molecule has 1 atom stereocenters. The largest absolute Gasteiger partial charge is 0.481 e. The summed E-state index contributed by atoms with van der Waals surface area (Å²) in [6.07, 6.45) is 1.31. The van der Waals surface area contributed by atoms with E-state index in [0.29, 0.717) is 0 Å². The Morgan fingerprint density at radius 3 is 2.60 bits per heavy atom. The molecule has 0 aliphatic carbocycles. The molecular weight excluding hydrogens is 192 g/mol. The Labute approximate surface area is 91.9 Å². The predicted molar refractivity (Wildman–Crippen MR) is 60.0 cm³/mol. The van der Waals surface area contributed by atoms with E-state index in [2.05, 4.69) is 30.7 Å². The molecule has 1 heterocycles. The number of likely N-dealkylation sites (N-methyl/N-ethyl adjacent to an activating group) is 2. The lowest BCUT2D eigenvalue weighted by atomic mass is 9.97. The number of carboxylic acid groups (broad SMARTS) is 1. The average molecular weight is 214 g/mol. The molecule has 88 valence electrons. The smallest absolute Gasteiger partial charge is 0.304 e. The highest BCUT2D eigenvalue weighted by Crippen LogP contribution is 2.25. The minimum Gasteiger partial charge on any atom is -0.481 e. The van der Waals surface area contributed by atoms with Crippen molar-refractivity contribution in [3.05, 3.63) is 0 Å². The molecule has 4 heteroatoms. The summed E-state index contributed by atoms with van der Waals surface area (Å²) >= 11 is 0. The summed E-state index contributed by atoms with van der Waals surface area (Å²) in [4.78, 5) is 15.2. The molecule has 1 aliphatic heterocycles. The summed E-state index contributed by atoms with van der Waals surface area (Å²) in [5.74, 6) is -0.710. The fourth-order valence-corrected chi connectivity index (χ4v) is 2.11. The van der Waals surface area contributed by atoms with Crippen LogP contribution in [0.5, 0.6) is 0 Å². The van der Waals surface area contributed by atoms with Crippen LogP contribution < -0.4 is 0 Å². The van der Waals surface area contributed by atoms with Gasteiger partial charge < -0.3 is 10.0 Å². The fraction of sp³-hybridized carbons (Fsp3) is 0.909. The molecule has 0 aromatic rings. The first kappa shape index (κ1) is 12.5. The van der Waals surface area contributed by atoms with Gasteiger partial charge in [-0.05, 0) is 40.9 Å².